The third kappa shape index (κ3) is 13.3. The summed E-state index contributed by atoms with van der Waals surface area (Å²) in [6.45, 7) is 5.98. The predicted molar refractivity (Wildman–Crippen MR) is 123 cm³/mol. The maximum atomic E-state index is 10.8. The van der Waals surface area contributed by atoms with E-state index >= 15 is 0 Å². The van der Waals surface area contributed by atoms with E-state index in [4.69, 9.17) is 10.5 Å². The standard InChI is InChI=1S/C20H34N4O2.HI/c1-16(2)9-6-4-5-7-12-23-20(22-3)24-14-17-10-8-11-18(13-17)26-15-19(21)25;/h8,10-11,13,16H,4-7,9,12,14-15H2,1-3H3,(H2,21,25)(H2,22,23,24);1H. The minimum Gasteiger partial charge on any atom is -0.484 e. The van der Waals surface area contributed by atoms with Crippen LogP contribution in [0.15, 0.2) is 29.3 Å². The lowest BCUT2D eigenvalue weighted by Crippen LogP contribution is -2.37. The number of guanidine groups is 1. The number of carbonyl (C=O) groups is 1. The molecule has 0 unspecified atom stereocenters. The molecule has 4 N–H and O–H groups in total. The van der Waals surface area contributed by atoms with Gasteiger partial charge in [-0.3, -0.25) is 9.79 Å². The maximum Gasteiger partial charge on any atom is 0.255 e. The molecule has 0 spiro atoms. The van der Waals surface area contributed by atoms with Crippen LogP contribution in [0, 0.1) is 5.92 Å². The number of nitrogens with zero attached hydrogens (tertiary/aromatic N) is 1. The summed E-state index contributed by atoms with van der Waals surface area (Å²) in [6, 6.07) is 7.57. The van der Waals surface area contributed by atoms with Crippen LogP contribution in [-0.2, 0) is 11.3 Å². The van der Waals surface area contributed by atoms with Crippen molar-refractivity contribution in [2.45, 2.75) is 52.5 Å². The Bertz CT molecular complexity index is 565. The lowest BCUT2D eigenvalue weighted by Gasteiger charge is -2.13. The number of aliphatic imine (C=N–C) groups is 1. The first kappa shape index (κ1) is 25.5. The lowest BCUT2D eigenvalue weighted by molar-refractivity contribution is -0.119. The van der Waals surface area contributed by atoms with Crippen molar-refractivity contribution in [2.24, 2.45) is 16.6 Å². The van der Waals surface area contributed by atoms with Crippen molar-refractivity contribution in [2.75, 3.05) is 20.2 Å². The number of unbranched alkanes of at least 4 members (excludes halogenated alkanes) is 3. The summed E-state index contributed by atoms with van der Waals surface area (Å²) in [6.07, 6.45) is 6.33. The first-order chi connectivity index (χ1) is 12.5. The van der Waals surface area contributed by atoms with Crippen LogP contribution in [0.2, 0.25) is 0 Å². The fourth-order valence-corrected chi connectivity index (χ4v) is 2.54. The molecule has 0 heterocycles. The SMILES string of the molecule is CN=C(NCCCCCCC(C)C)NCc1cccc(OCC(N)=O)c1.I. The van der Waals surface area contributed by atoms with Gasteiger partial charge in [0.2, 0.25) is 0 Å². The Morgan fingerprint density at radius 3 is 2.59 bits per heavy atom. The molecule has 154 valence electrons. The molecule has 0 aliphatic carbocycles. The van der Waals surface area contributed by atoms with Crippen LogP contribution in [-0.4, -0.2) is 32.1 Å². The quantitative estimate of drug-likeness (QED) is 0.181. The highest BCUT2D eigenvalue weighted by molar-refractivity contribution is 14.0. The van der Waals surface area contributed by atoms with Crippen molar-refractivity contribution >= 4 is 35.8 Å². The normalized spacial score (nSPS) is 11.0. The fraction of sp³-hybridized carbons (Fsp3) is 0.600. The highest BCUT2D eigenvalue weighted by Gasteiger charge is 2.02. The van der Waals surface area contributed by atoms with Gasteiger partial charge < -0.3 is 21.1 Å². The Hall–Kier alpha value is -1.51. The van der Waals surface area contributed by atoms with Gasteiger partial charge in [-0.2, -0.15) is 0 Å². The van der Waals surface area contributed by atoms with Crippen LogP contribution in [0.1, 0.15) is 51.5 Å². The fourth-order valence-electron chi connectivity index (χ4n) is 2.54. The number of carbonyl (C=O) groups excluding carboxylic acids is 1. The highest BCUT2D eigenvalue weighted by atomic mass is 127. The average Bonchev–Trinajstić information content (AvgIpc) is 2.61. The van der Waals surface area contributed by atoms with E-state index < -0.39 is 5.91 Å². The van der Waals surface area contributed by atoms with Crippen LogP contribution in [0.25, 0.3) is 0 Å². The van der Waals surface area contributed by atoms with E-state index in [1.165, 1.54) is 25.7 Å². The number of rotatable bonds is 12. The molecule has 1 aromatic carbocycles. The molecule has 0 saturated heterocycles. The van der Waals surface area contributed by atoms with E-state index in [-0.39, 0.29) is 30.6 Å². The molecular weight excluding hydrogens is 455 g/mol. The van der Waals surface area contributed by atoms with E-state index in [0.717, 1.165) is 30.4 Å². The van der Waals surface area contributed by atoms with E-state index in [9.17, 15) is 4.79 Å². The molecular formula is C20H35IN4O2. The third-order valence-electron chi connectivity index (χ3n) is 3.96. The molecule has 0 fully saturated rings. The lowest BCUT2D eigenvalue weighted by atomic mass is 10.0. The number of hydrogen-bond acceptors (Lipinski definition) is 3. The third-order valence-corrected chi connectivity index (χ3v) is 3.96. The molecule has 0 aromatic heterocycles. The Morgan fingerprint density at radius 2 is 1.93 bits per heavy atom. The summed E-state index contributed by atoms with van der Waals surface area (Å²) in [5.74, 6) is 1.74. The number of benzene rings is 1. The first-order valence-electron chi connectivity index (χ1n) is 9.45. The first-order valence-corrected chi connectivity index (χ1v) is 9.45. The van der Waals surface area contributed by atoms with Crippen LogP contribution in [0.5, 0.6) is 5.75 Å². The molecule has 1 amide bonds. The van der Waals surface area contributed by atoms with Crippen molar-refractivity contribution in [3.63, 3.8) is 0 Å². The van der Waals surface area contributed by atoms with Gasteiger partial charge >= 0.3 is 0 Å². The van der Waals surface area contributed by atoms with Crippen molar-refractivity contribution in [3.8, 4) is 5.75 Å². The zero-order valence-corrected chi connectivity index (χ0v) is 19.1. The highest BCUT2D eigenvalue weighted by Crippen LogP contribution is 2.13. The van der Waals surface area contributed by atoms with Crippen LogP contribution in [0.3, 0.4) is 0 Å². The number of halogens is 1. The summed E-state index contributed by atoms with van der Waals surface area (Å²) in [5, 5.41) is 6.63. The van der Waals surface area contributed by atoms with Gasteiger partial charge in [-0.1, -0.05) is 51.7 Å². The van der Waals surface area contributed by atoms with Gasteiger partial charge in [0.1, 0.15) is 5.75 Å². The van der Waals surface area contributed by atoms with Gasteiger partial charge in [0.05, 0.1) is 0 Å². The van der Waals surface area contributed by atoms with Crippen molar-refractivity contribution < 1.29 is 9.53 Å². The maximum absolute atomic E-state index is 10.8. The van der Waals surface area contributed by atoms with E-state index in [1.807, 2.05) is 18.2 Å². The molecule has 0 aliphatic heterocycles. The molecule has 0 atom stereocenters. The van der Waals surface area contributed by atoms with Gasteiger partial charge in [-0.05, 0) is 30.0 Å². The molecule has 0 aliphatic rings. The van der Waals surface area contributed by atoms with E-state index in [0.29, 0.717) is 12.3 Å². The zero-order valence-electron chi connectivity index (χ0n) is 16.8. The summed E-state index contributed by atoms with van der Waals surface area (Å²) in [7, 11) is 1.77. The number of primary amides is 1. The molecule has 27 heavy (non-hydrogen) atoms. The summed E-state index contributed by atoms with van der Waals surface area (Å²) < 4.78 is 5.32. The molecule has 7 heteroatoms. The summed E-state index contributed by atoms with van der Waals surface area (Å²) >= 11 is 0. The van der Waals surface area contributed by atoms with Crippen molar-refractivity contribution in [1.82, 2.24) is 10.6 Å². The number of nitrogens with one attached hydrogen (secondary N) is 2. The number of nitrogens with two attached hydrogens (primary N) is 1. The second-order valence-corrected chi connectivity index (χ2v) is 6.85. The summed E-state index contributed by atoms with van der Waals surface area (Å²) in [5.41, 5.74) is 6.14. The van der Waals surface area contributed by atoms with Gasteiger partial charge in [0, 0.05) is 20.1 Å². The topological polar surface area (TPSA) is 88.7 Å². The number of ether oxygens (including phenoxy) is 1. The van der Waals surface area contributed by atoms with Crippen LogP contribution < -0.4 is 21.1 Å². The molecule has 0 saturated carbocycles. The van der Waals surface area contributed by atoms with Crippen molar-refractivity contribution in [3.05, 3.63) is 29.8 Å². The minimum atomic E-state index is -0.484. The number of amides is 1. The van der Waals surface area contributed by atoms with Crippen LogP contribution in [0.4, 0.5) is 0 Å². The average molecular weight is 490 g/mol. The zero-order chi connectivity index (χ0) is 19.2. The van der Waals surface area contributed by atoms with E-state index in [1.54, 1.807) is 13.1 Å². The van der Waals surface area contributed by atoms with Gasteiger partial charge in [-0.15, -0.1) is 24.0 Å². The second kappa shape index (κ2) is 15.5. The minimum absolute atomic E-state index is 0. The van der Waals surface area contributed by atoms with Gasteiger partial charge in [0.15, 0.2) is 12.6 Å². The molecule has 0 radical (unpaired) electrons. The van der Waals surface area contributed by atoms with Gasteiger partial charge in [0.25, 0.3) is 5.91 Å². The summed E-state index contributed by atoms with van der Waals surface area (Å²) in [4.78, 5) is 15.0. The van der Waals surface area contributed by atoms with Crippen molar-refractivity contribution in [1.29, 1.82) is 0 Å². The Labute approximate surface area is 180 Å². The Morgan fingerprint density at radius 1 is 1.19 bits per heavy atom. The monoisotopic (exact) mass is 490 g/mol. The van der Waals surface area contributed by atoms with Crippen LogP contribution >= 0.6 is 24.0 Å². The predicted octanol–water partition coefficient (Wildman–Crippen LogP) is 3.44. The number of hydrogen-bond donors (Lipinski definition) is 3. The molecule has 0 bridgehead atoms. The molecule has 1 aromatic rings. The van der Waals surface area contributed by atoms with E-state index in [2.05, 4.69) is 29.5 Å². The largest absolute Gasteiger partial charge is 0.484 e. The molecule has 6 nitrogen and oxygen atoms in total. The molecule has 1 rings (SSSR count). The Kier molecular flexibility index (Phi) is 14.7. The Balaban J connectivity index is 0.00000676. The smallest absolute Gasteiger partial charge is 0.255 e. The second-order valence-electron chi connectivity index (χ2n) is 6.85. The van der Waals surface area contributed by atoms with Gasteiger partial charge in [-0.25, -0.2) is 0 Å².